The highest BCUT2D eigenvalue weighted by atomic mass is 19.1. The van der Waals surface area contributed by atoms with Crippen LogP contribution in [0.15, 0.2) is 66.9 Å². The minimum Gasteiger partial charge on any atom is -0.490 e. The molecule has 40 heavy (non-hydrogen) atoms. The first kappa shape index (κ1) is 28.8. The van der Waals surface area contributed by atoms with Gasteiger partial charge in [-0.1, -0.05) is 13.3 Å². The molecule has 0 amide bonds. The Hall–Kier alpha value is -4.24. The van der Waals surface area contributed by atoms with E-state index < -0.39 is 12.2 Å². The normalized spacial score (nSPS) is 11.8. The maximum atomic E-state index is 13.2. The Labute approximate surface area is 232 Å². The van der Waals surface area contributed by atoms with Crippen molar-refractivity contribution >= 4 is 22.7 Å². The van der Waals surface area contributed by atoms with E-state index in [1.807, 2.05) is 18.2 Å². The maximum Gasteiger partial charge on any atom is 0.358 e. The second kappa shape index (κ2) is 13.7. The lowest BCUT2D eigenvalue weighted by Crippen LogP contribution is -2.25. The van der Waals surface area contributed by atoms with Gasteiger partial charge in [-0.2, -0.15) is 5.10 Å². The molecule has 0 spiro atoms. The Morgan fingerprint density at radius 2 is 1.65 bits per heavy atom. The predicted octanol–water partition coefficient (Wildman–Crippen LogP) is 5.91. The minimum absolute atomic E-state index is 0.166. The molecule has 4 rings (SSSR count). The fourth-order valence-electron chi connectivity index (χ4n) is 4.32. The Bertz CT molecular complexity index is 1450. The summed E-state index contributed by atoms with van der Waals surface area (Å²) in [4.78, 5) is 25.2. The number of rotatable bonds is 14. The van der Waals surface area contributed by atoms with Crippen LogP contribution in [0.5, 0.6) is 11.5 Å². The van der Waals surface area contributed by atoms with Gasteiger partial charge in [-0.15, -0.1) is 0 Å². The molecule has 1 aromatic heterocycles. The molecule has 0 saturated carbocycles. The molecule has 0 N–H and O–H groups in total. The van der Waals surface area contributed by atoms with Crippen LogP contribution in [-0.2, 0) is 20.7 Å². The molecule has 1 heterocycles. The van der Waals surface area contributed by atoms with Crippen LogP contribution in [0.25, 0.3) is 10.9 Å². The molecule has 0 bridgehead atoms. The zero-order chi connectivity index (χ0) is 28.5. The summed E-state index contributed by atoms with van der Waals surface area (Å²) in [5.74, 6) is 0.281. The fraction of sp³-hybridized carbons (Fsp3) is 0.323. The Morgan fingerprint density at radius 1 is 0.900 bits per heavy atom. The quantitative estimate of drug-likeness (QED) is 0.110. The third-order valence-electron chi connectivity index (χ3n) is 6.16. The summed E-state index contributed by atoms with van der Waals surface area (Å²) in [6.45, 7) is 6.79. The van der Waals surface area contributed by atoms with Crippen LogP contribution in [0, 0.1) is 5.82 Å². The summed E-state index contributed by atoms with van der Waals surface area (Å²) >= 11 is 0. The van der Waals surface area contributed by atoms with Gasteiger partial charge in [0.1, 0.15) is 30.5 Å². The molecule has 1 unspecified atom stereocenters. The first-order chi connectivity index (χ1) is 19.4. The number of esters is 1. The highest BCUT2D eigenvalue weighted by molar-refractivity contribution is 6.09. The average molecular weight is 549 g/mol. The summed E-state index contributed by atoms with van der Waals surface area (Å²) in [6.07, 6.45) is 2.32. The molecule has 9 heteroatoms. The van der Waals surface area contributed by atoms with Crippen molar-refractivity contribution in [3.8, 4) is 11.5 Å². The van der Waals surface area contributed by atoms with Crippen LogP contribution < -0.4 is 9.47 Å². The van der Waals surface area contributed by atoms with Crippen molar-refractivity contribution in [3.63, 3.8) is 0 Å². The summed E-state index contributed by atoms with van der Waals surface area (Å²) < 4.78 is 37.3. The van der Waals surface area contributed by atoms with Crippen LogP contribution in [-0.4, -0.2) is 48.0 Å². The summed E-state index contributed by atoms with van der Waals surface area (Å²) in [6, 6.07) is 16.3. The molecule has 0 fully saturated rings. The monoisotopic (exact) mass is 548 g/mol. The Kier molecular flexibility index (Phi) is 9.86. The predicted molar refractivity (Wildman–Crippen MR) is 148 cm³/mol. The van der Waals surface area contributed by atoms with Crippen LogP contribution in [0.4, 0.5) is 4.39 Å². The lowest BCUT2D eigenvalue weighted by molar-refractivity contribution is -0.163. The maximum absolute atomic E-state index is 13.2. The SMILES string of the molecule is CCCc1cc(C(=O)c2ccc(F)cc2)ccc1OCCOc1ccc2c(cnn2C(OCC)C(=O)OCC)c1. The van der Waals surface area contributed by atoms with Crippen LogP contribution in [0.2, 0.25) is 0 Å². The molecular weight excluding hydrogens is 515 g/mol. The van der Waals surface area contributed by atoms with Crippen LogP contribution in [0.3, 0.4) is 0 Å². The number of hydrogen-bond acceptors (Lipinski definition) is 7. The molecular formula is C31H33FN2O6. The van der Waals surface area contributed by atoms with E-state index in [-0.39, 0.29) is 18.2 Å². The number of nitrogens with zero attached hydrogens (tertiary/aromatic N) is 2. The number of aryl methyl sites for hydroxylation is 1. The van der Waals surface area contributed by atoms with E-state index in [1.165, 1.54) is 28.9 Å². The number of benzene rings is 3. The van der Waals surface area contributed by atoms with E-state index in [2.05, 4.69) is 12.0 Å². The molecule has 0 aliphatic heterocycles. The second-order valence-electron chi connectivity index (χ2n) is 8.97. The van der Waals surface area contributed by atoms with Gasteiger partial charge in [0.15, 0.2) is 5.78 Å². The number of hydrogen-bond donors (Lipinski definition) is 0. The van der Waals surface area contributed by atoms with Gasteiger partial charge in [-0.3, -0.25) is 4.79 Å². The smallest absolute Gasteiger partial charge is 0.358 e. The van der Waals surface area contributed by atoms with Gasteiger partial charge in [0.05, 0.1) is 18.3 Å². The van der Waals surface area contributed by atoms with Crippen LogP contribution in [0.1, 0.15) is 54.9 Å². The zero-order valence-electron chi connectivity index (χ0n) is 22.9. The minimum atomic E-state index is -0.961. The van der Waals surface area contributed by atoms with E-state index in [0.29, 0.717) is 42.4 Å². The summed E-state index contributed by atoms with van der Waals surface area (Å²) in [5.41, 5.74) is 2.61. The summed E-state index contributed by atoms with van der Waals surface area (Å²) in [5, 5.41) is 5.13. The molecule has 4 aromatic rings. The van der Waals surface area contributed by atoms with Crippen molar-refractivity contribution in [1.29, 1.82) is 0 Å². The Balaban J connectivity index is 1.38. The van der Waals surface area contributed by atoms with Crippen molar-refractivity contribution < 1.29 is 32.9 Å². The standard InChI is InChI=1S/C31H33FN2O6/c1-4-7-22-18-23(29(35)21-8-11-25(32)12-9-21)10-15-28(22)40-17-16-39-26-13-14-27-24(19-26)20-33-34(27)30(37-5-2)31(36)38-6-3/h8-15,18-20,30H,4-7,16-17H2,1-3H3. The number of carbonyl (C=O) groups excluding carboxylic acids is 2. The highest BCUT2D eigenvalue weighted by Gasteiger charge is 2.24. The molecule has 0 aliphatic carbocycles. The first-order valence-electron chi connectivity index (χ1n) is 13.4. The molecule has 0 aliphatic rings. The fourth-order valence-corrected chi connectivity index (χ4v) is 4.32. The van der Waals surface area contributed by atoms with Crippen molar-refractivity contribution in [1.82, 2.24) is 9.78 Å². The average Bonchev–Trinajstić information content (AvgIpc) is 3.38. The number of ether oxygens (including phenoxy) is 4. The van der Waals surface area contributed by atoms with Gasteiger partial charge in [-0.25, -0.2) is 13.9 Å². The number of aromatic nitrogens is 2. The van der Waals surface area contributed by atoms with Crippen molar-refractivity contribution in [2.45, 2.75) is 39.8 Å². The van der Waals surface area contributed by atoms with Crippen molar-refractivity contribution in [2.75, 3.05) is 26.4 Å². The number of carbonyl (C=O) groups is 2. The van der Waals surface area contributed by atoms with Gasteiger partial charge in [-0.05, 0) is 86.5 Å². The van der Waals surface area contributed by atoms with E-state index in [1.54, 1.807) is 38.2 Å². The topological polar surface area (TPSA) is 88.9 Å². The molecule has 0 saturated heterocycles. The molecule has 0 radical (unpaired) electrons. The number of fused-ring (bicyclic) bond motifs is 1. The second-order valence-corrected chi connectivity index (χ2v) is 8.97. The van der Waals surface area contributed by atoms with E-state index in [9.17, 15) is 14.0 Å². The highest BCUT2D eigenvalue weighted by Crippen LogP contribution is 2.26. The number of halogens is 1. The van der Waals surface area contributed by atoms with Gasteiger partial charge in [0.2, 0.25) is 6.23 Å². The lowest BCUT2D eigenvalue weighted by Gasteiger charge is -2.17. The Morgan fingerprint density at radius 3 is 2.38 bits per heavy atom. The van der Waals surface area contributed by atoms with E-state index in [4.69, 9.17) is 18.9 Å². The third-order valence-corrected chi connectivity index (χ3v) is 6.16. The van der Waals surface area contributed by atoms with Crippen molar-refractivity contribution in [3.05, 3.63) is 89.4 Å². The van der Waals surface area contributed by atoms with Gasteiger partial charge >= 0.3 is 5.97 Å². The molecule has 1 atom stereocenters. The van der Waals surface area contributed by atoms with Gasteiger partial charge in [0, 0.05) is 23.1 Å². The molecule has 3 aromatic carbocycles. The molecule has 8 nitrogen and oxygen atoms in total. The summed E-state index contributed by atoms with van der Waals surface area (Å²) in [7, 11) is 0. The van der Waals surface area contributed by atoms with Crippen molar-refractivity contribution in [2.24, 2.45) is 0 Å². The largest absolute Gasteiger partial charge is 0.490 e. The van der Waals surface area contributed by atoms with E-state index in [0.717, 1.165) is 29.3 Å². The van der Waals surface area contributed by atoms with Gasteiger partial charge < -0.3 is 18.9 Å². The third kappa shape index (κ3) is 6.84. The lowest BCUT2D eigenvalue weighted by atomic mass is 9.99. The van der Waals surface area contributed by atoms with E-state index >= 15 is 0 Å². The molecule has 210 valence electrons. The zero-order valence-corrected chi connectivity index (χ0v) is 22.9. The number of ketones is 1. The first-order valence-corrected chi connectivity index (χ1v) is 13.4. The van der Waals surface area contributed by atoms with Gasteiger partial charge in [0.25, 0.3) is 0 Å². The van der Waals surface area contributed by atoms with Crippen LogP contribution >= 0.6 is 0 Å².